The third-order valence-corrected chi connectivity index (χ3v) is 3.60. The van der Waals surface area contributed by atoms with Crippen molar-refractivity contribution in [2.24, 2.45) is 0 Å². The molecule has 0 bridgehead atoms. The highest BCUT2D eigenvalue weighted by atomic mass is 32.2. The van der Waals surface area contributed by atoms with Gasteiger partial charge in [0.05, 0.1) is 0 Å². The zero-order chi connectivity index (χ0) is 11.1. The molecule has 1 rings (SSSR count). The van der Waals surface area contributed by atoms with Crippen LogP contribution >= 0.6 is 11.8 Å². The van der Waals surface area contributed by atoms with E-state index in [9.17, 15) is 0 Å². The van der Waals surface area contributed by atoms with Gasteiger partial charge in [-0.05, 0) is 31.4 Å². The number of hydrogen-bond acceptors (Lipinski definition) is 3. The van der Waals surface area contributed by atoms with Crippen molar-refractivity contribution in [1.29, 1.82) is 0 Å². The molecular weight excluding hydrogens is 204 g/mol. The Morgan fingerprint density at radius 3 is 2.93 bits per heavy atom. The van der Waals surface area contributed by atoms with Crippen LogP contribution in [0.2, 0.25) is 0 Å². The summed E-state index contributed by atoms with van der Waals surface area (Å²) in [7, 11) is 2.17. The Morgan fingerprint density at radius 2 is 2.33 bits per heavy atom. The maximum atomic E-state index is 4.13. The van der Waals surface area contributed by atoms with Crippen LogP contribution in [0.3, 0.4) is 0 Å². The van der Waals surface area contributed by atoms with Crippen molar-refractivity contribution in [2.45, 2.75) is 26.4 Å². The molecule has 0 amide bonds. The van der Waals surface area contributed by atoms with Gasteiger partial charge in [-0.2, -0.15) is 11.8 Å². The smallest absolute Gasteiger partial charge is 0.0312 e. The molecule has 0 N–H and O–H groups in total. The molecule has 0 aliphatic carbocycles. The first-order valence-electron chi connectivity index (χ1n) is 5.41. The summed E-state index contributed by atoms with van der Waals surface area (Å²) < 4.78 is 0. The molecule has 1 aromatic rings. The van der Waals surface area contributed by atoms with Crippen LogP contribution in [0.15, 0.2) is 24.5 Å². The molecule has 0 aromatic carbocycles. The van der Waals surface area contributed by atoms with Crippen molar-refractivity contribution in [3.8, 4) is 0 Å². The Morgan fingerprint density at radius 1 is 1.53 bits per heavy atom. The van der Waals surface area contributed by atoms with Gasteiger partial charge >= 0.3 is 0 Å². The molecule has 1 heterocycles. The van der Waals surface area contributed by atoms with Gasteiger partial charge in [0.2, 0.25) is 0 Å². The monoisotopic (exact) mass is 224 g/mol. The number of pyridine rings is 1. The van der Waals surface area contributed by atoms with Crippen molar-refractivity contribution >= 4 is 11.8 Å². The maximum absolute atomic E-state index is 4.13. The molecule has 84 valence electrons. The van der Waals surface area contributed by atoms with Gasteiger partial charge in [0.1, 0.15) is 0 Å². The molecule has 0 saturated carbocycles. The van der Waals surface area contributed by atoms with Crippen molar-refractivity contribution in [1.82, 2.24) is 9.88 Å². The van der Waals surface area contributed by atoms with Crippen molar-refractivity contribution in [3.05, 3.63) is 30.1 Å². The van der Waals surface area contributed by atoms with E-state index in [0.29, 0.717) is 6.04 Å². The second-order valence-electron chi connectivity index (χ2n) is 3.78. The summed E-state index contributed by atoms with van der Waals surface area (Å²) in [5, 5.41) is 0. The zero-order valence-electron chi connectivity index (χ0n) is 9.81. The Balaban J connectivity index is 2.38. The van der Waals surface area contributed by atoms with Gasteiger partial charge in [-0.1, -0.05) is 13.0 Å². The van der Waals surface area contributed by atoms with Crippen molar-refractivity contribution < 1.29 is 0 Å². The van der Waals surface area contributed by atoms with Crippen LogP contribution in [0.5, 0.6) is 0 Å². The van der Waals surface area contributed by atoms with Gasteiger partial charge in [-0.15, -0.1) is 0 Å². The molecular formula is C12H20N2S. The summed E-state index contributed by atoms with van der Waals surface area (Å²) in [4.78, 5) is 6.50. The number of rotatable bonds is 6. The van der Waals surface area contributed by atoms with Crippen LogP contribution in [0, 0.1) is 0 Å². The Bertz CT molecular complexity index is 264. The molecule has 1 aromatic heterocycles. The van der Waals surface area contributed by atoms with E-state index in [1.54, 1.807) is 0 Å². The van der Waals surface area contributed by atoms with E-state index in [2.05, 4.69) is 36.8 Å². The molecule has 1 atom stereocenters. The molecule has 0 aliphatic rings. The first kappa shape index (κ1) is 12.5. The standard InChI is InChI=1S/C12H20N2S/c1-4-15-10-11(2)14(3)9-12-6-5-7-13-8-12/h5-8,11H,4,9-10H2,1-3H3/t11-/m0/s1. The maximum Gasteiger partial charge on any atom is 0.0312 e. The van der Waals surface area contributed by atoms with Crippen LogP contribution in [0.4, 0.5) is 0 Å². The fourth-order valence-electron chi connectivity index (χ4n) is 1.35. The molecule has 15 heavy (non-hydrogen) atoms. The van der Waals surface area contributed by atoms with E-state index >= 15 is 0 Å². The van der Waals surface area contributed by atoms with E-state index in [4.69, 9.17) is 0 Å². The SMILES string of the molecule is CCSC[C@H](C)N(C)Cc1cccnc1. The molecule has 0 spiro atoms. The molecule has 0 fully saturated rings. The predicted octanol–water partition coefficient (Wildman–Crippen LogP) is 2.66. The predicted molar refractivity (Wildman–Crippen MR) is 68.2 cm³/mol. The van der Waals surface area contributed by atoms with E-state index in [0.717, 1.165) is 6.54 Å². The van der Waals surface area contributed by atoms with Crippen LogP contribution in [-0.2, 0) is 6.54 Å². The molecule has 0 unspecified atom stereocenters. The number of nitrogens with zero attached hydrogens (tertiary/aromatic N) is 2. The van der Waals surface area contributed by atoms with Crippen LogP contribution < -0.4 is 0 Å². The fourth-order valence-corrected chi connectivity index (χ4v) is 2.18. The lowest BCUT2D eigenvalue weighted by Gasteiger charge is -2.24. The quantitative estimate of drug-likeness (QED) is 0.739. The minimum atomic E-state index is 0.621. The molecule has 0 aliphatic heterocycles. The average molecular weight is 224 g/mol. The van der Waals surface area contributed by atoms with E-state index in [1.807, 2.05) is 30.2 Å². The van der Waals surface area contributed by atoms with Gasteiger partial charge in [0.25, 0.3) is 0 Å². The Labute approximate surface area is 97.1 Å². The van der Waals surface area contributed by atoms with Gasteiger partial charge < -0.3 is 0 Å². The van der Waals surface area contributed by atoms with Crippen LogP contribution in [0.1, 0.15) is 19.4 Å². The third kappa shape index (κ3) is 4.67. The summed E-state index contributed by atoms with van der Waals surface area (Å²) >= 11 is 2.00. The van der Waals surface area contributed by atoms with E-state index in [1.165, 1.54) is 17.1 Å². The third-order valence-electron chi connectivity index (χ3n) is 2.47. The van der Waals surface area contributed by atoms with Gasteiger partial charge in [-0.25, -0.2) is 0 Å². The van der Waals surface area contributed by atoms with E-state index < -0.39 is 0 Å². The topological polar surface area (TPSA) is 16.1 Å². The Hall–Kier alpha value is -0.540. The minimum absolute atomic E-state index is 0.621. The summed E-state index contributed by atoms with van der Waals surface area (Å²) in [6.45, 7) is 5.47. The van der Waals surface area contributed by atoms with Crippen LogP contribution in [0.25, 0.3) is 0 Å². The number of thioether (sulfide) groups is 1. The highest BCUT2D eigenvalue weighted by Gasteiger charge is 2.08. The summed E-state index contributed by atoms with van der Waals surface area (Å²) in [5.41, 5.74) is 1.29. The van der Waals surface area contributed by atoms with Crippen molar-refractivity contribution in [3.63, 3.8) is 0 Å². The molecule has 3 heteroatoms. The van der Waals surface area contributed by atoms with Crippen molar-refractivity contribution in [2.75, 3.05) is 18.6 Å². The molecule has 0 radical (unpaired) electrons. The minimum Gasteiger partial charge on any atom is -0.299 e. The lowest BCUT2D eigenvalue weighted by Crippen LogP contribution is -2.30. The van der Waals surface area contributed by atoms with Gasteiger partial charge in [0, 0.05) is 30.7 Å². The molecule has 0 saturated heterocycles. The number of aromatic nitrogens is 1. The number of hydrogen-bond donors (Lipinski definition) is 0. The summed E-state index contributed by atoms with van der Waals surface area (Å²) in [6.07, 6.45) is 3.76. The Kier molecular flexibility index (Phi) is 5.73. The zero-order valence-corrected chi connectivity index (χ0v) is 10.6. The average Bonchev–Trinajstić information content (AvgIpc) is 2.27. The highest BCUT2D eigenvalue weighted by molar-refractivity contribution is 7.99. The van der Waals surface area contributed by atoms with Gasteiger partial charge in [0.15, 0.2) is 0 Å². The highest BCUT2D eigenvalue weighted by Crippen LogP contribution is 2.09. The van der Waals surface area contributed by atoms with E-state index in [-0.39, 0.29) is 0 Å². The second-order valence-corrected chi connectivity index (χ2v) is 5.10. The van der Waals surface area contributed by atoms with Gasteiger partial charge in [-0.3, -0.25) is 9.88 Å². The lowest BCUT2D eigenvalue weighted by molar-refractivity contribution is 0.269. The fraction of sp³-hybridized carbons (Fsp3) is 0.583. The normalized spacial score (nSPS) is 13.1. The second kappa shape index (κ2) is 6.85. The first-order chi connectivity index (χ1) is 7.24. The first-order valence-corrected chi connectivity index (χ1v) is 6.56. The summed E-state index contributed by atoms with van der Waals surface area (Å²) in [5.74, 6) is 2.40. The molecule has 2 nitrogen and oxygen atoms in total. The largest absolute Gasteiger partial charge is 0.299 e. The van der Waals surface area contributed by atoms with Crippen LogP contribution in [-0.4, -0.2) is 34.5 Å². The lowest BCUT2D eigenvalue weighted by atomic mass is 10.2. The summed E-state index contributed by atoms with van der Waals surface area (Å²) in [6, 6.07) is 4.74.